The number of halogens is 1. The van der Waals surface area contributed by atoms with Crippen LogP contribution in [-0.4, -0.2) is 58.8 Å². The van der Waals surface area contributed by atoms with Crippen LogP contribution in [0.1, 0.15) is 18.4 Å². The number of aromatic amines is 1. The normalized spacial score (nSPS) is 18.0. The largest absolute Gasteiger partial charge is 0.336 e. The summed E-state index contributed by atoms with van der Waals surface area (Å²) < 4.78 is 67.6. The lowest BCUT2D eigenvalue weighted by Gasteiger charge is -2.21. The summed E-state index contributed by atoms with van der Waals surface area (Å²) in [6.07, 6.45) is 6.10. The molecule has 1 atom stereocenters. The lowest BCUT2D eigenvalue weighted by atomic mass is 10.0. The molecule has 13 heteroatoms. The minimum Gasteiger partial charge on any atom is -0.336 e. The fourth-order valence-corrected chi connectivity index (χ4v) is 7.82. The fourth-order valence-electron chi connectivity index (χ4n) is 4.50. The molecule has 0 amide bonds. The van der Waals surface area contributed by atoms with Gasteiger partial charge in [0.15, 0.2) is 15.5 Å². The zero-order valence-corrected chi connectivity index (χ0v) is 21.1. The monoisotopic (exact) mass is 532 g/mol. The lowest BCUT2D eigenvalue weighted by Crippen LogP contribution is -2.35. The first-order chi connectivity index (χ1) is 17.1. The Morgan fingerprint density at radius 3 is 2.81 bits per heavy atom. The van der Waals surface area contributed by atoms with E-state index in [1.54, 1.807) is 36.3 Å². The average molecular weight is 533 g/mol. The van der Waals surface area contributed by atoms with Crippen molar-refractivity contribution in [3.8, 4) is 22.5 Å². The number of sulfonamides is 1. The summed E-state index contributed by atoms with van der Waals surface area (Å²) in [5, 5.41) is 4.15. The fraction of sp³-hybridized carbons (Fsp3) is 0.348. The summed E-state index contributed by atoms with van der Waals surface area (Å²) in [6.45, 7) is -0.227. The zero-order chi connectivity index (χ0) is 25.5. The van der Waals surface area contributed by atoms with Gasteiger partial charge in [-0.25, -0.2) is 35.9 Å². The van der Waals surface area contributed by atoms with Gasteiger partial charge in [0.1, 0.15) is 11.6 Å². The predicted octanol–water partition coefficient (Wildman–Crippen LogP) is 2.41. The SMILES string of the molecule is Cn1cc(-c2nc3nccc(-c4ccc(CNS(=O)(=O)CC5CCCS(=O)(=O)C5)c(F)c4)c3[nH]2)cn1. The minimum absolute atomic E-state index is 0.0989. The number of rotatable bonds is 7. The first-order valence-electron chi connectivity index (χ1n) is 11.4. The number of sulfone groups is 1. The summed E-state index contributed by atoms with van der Waals surface area (Å²) in [5.41, 5.74) is 3.39. The van der Waals surface area contributed by atoms with Gasteiger partial charge in [0.05, 0.1) is 34.5 Å². The Morgan fingerprint density at radius 2 is 2.08 bits per heavy atom. The molecule has 0 bridgehead atoms. The molecule has 0 aliphatic carbocycles. The second-order valence-electron chi connectivity index (χ2n) is 9.08. The molecule has 1 saturated heterocycles. The van der Waals surface area contributed by atoms with Gasteiger partial charge in [-0.3, -0.25) is 4.68 Å². The average Bonchev–Trinajstić information content (AvgIpc) is 3.43. The van der Waals surface area contributed by atoms with Crippen molar-refractivity contribution >= 4 is 31.0 Å². The van der Waals surface area contributed by atoms with E-state index in [2.05, 4.69) is 24.8 Å². The summed E-state index contributed by atoms with van der Waals surface area (Å²) >= 11 is 0. The van der Waals surface area contributed by atoms with Crippen molar-refractivity contribution in [3.63, 3.8) is 0 Å². The van der Waals surface area contributed by atoms with Crippen LogP contribution in [-0.2, 0) is 33.5 Å². The number of aromatic nitrogens is 5. The molecule has 5 rings (SSSR count). The molecule has 190 valence electrons. The van der Waals surface area contributed by atoms with Crippen LogP contribution in [0.5, 0.6) is 0 Å². The van der Waals surface area contributed by atoms with Crippen LogP contribution in [0, 0.1) is 11.7 Å². The summed E-state index contributed by atoms with van der Waals surface area (Å²) in [4.78, 5) is 12.0. The molecular weight excluding hydrogens is 507 g/mol. The number of aryl methyl sites for hydroxylation is 1. The van der Waals surface area contributed by atoms with Crippen LogP contribution in [0.15, 0.2) is 42.9 Å². The maximum Gasteiger partial charge on any atom is 0.212 e. The smallest absolute Gasteiger partial charge is 0.212 e. The van der Waals surface area contributed by atoms with Gasteiger partial charge >= 0.3 is 0 Å². The Bertz CT molecular complexity index is 1650. The molecule has 1 aliphatic rings. The van der Waals surface area contributed by atoms with Crippen LogP contribution in [0.3, 0.4) is 0 Å². The maximum atomic E-state index is 15.0. The highest BCUT2D eigenvalue weighted by Gasteiger charge is 2.28. The molecule has 4 heterocycles. The van der Waals surface area contributed by atoms with Crippen molar-refractivity contribution in [1.29, 1.82) is 0 Å². The van der Waals surface area contributed by atoms with Gasteiger partial charge in [0, 0.05) is 37.1 Å². The van der Waals surface area contributed by atoms with Crippen molar-refractivity contribution < 1.29 is 21.2 Å². The van der Waals surface area contributed by atoms with E-state index in [9.17, 15) is 21.2 Å². The molecule has 0 radical (unpaired) electrons. The van der Waals surface area contributed by atoms with Gasteiger partial charge in [-0.1, -0.05) is 12.1 Å². The van der Waals surface area contributed by atoms with Crippen molar-refractivity contribution in [3.05, 3.63) is 54.2 Å². The van der Waals surface area contributed by atoms with E-state index in [0.29, 0.717) is 41.0 Å². The van der Waals surface area contributed by atoms with Gasteiger partial charge in [0.2, 0.25) is 10.0 Å². The summed E-state index contributed by atoms with van der Waals surface area (Å²) in [5.74, 6) is -0.744. The molecule has 1 unspecified atom stereocenters. The third-order valence-electron chi connectivity index (χ3n) is 6.23. The molecule has 2 N–H and O–H groups in total. The van der Waals surface area contributed by atoms with E-state index in [0.717, 1.165) is 5.56 Å². The molecule has 4 aromatic rings. The van der Waals surface area contributed by atoms with Gasteiger partial charge in [-0.05, 0) is 36.5 Å². The summed E-state index contributed by atoms with van der Waals surface area (Å²) in [7, 11) is -5.17. The van der Waals surface area contributed by atoms with Crippen molar-refractivity contribution in [2.45, 2.75) is 19.4 Å². The van der Waals surface area contributed by atoms with Gasteiger partial charge in [-0.15, -0.1) is 0 Å². The number of fused-ring (bicyclic) bond motifs is 1. The highest BCUT2D eigenvalue weighted by Crippen LogP contribution is 2.29. The highest BCUT2D eigenvalue weighted by molar-refractivity contribution is 7.91. The number of hydrogen-bond donors (Lipinski definition) is 2. The number of nitrogens with zero attached hydrogens (tertiary/aromatic N) is 4. The Balaban J connectivity index is 1.33. The third-order valence-corrected chi connectivity index (χ3v) is 9.61. The molecule has 3 aromatic heterocycles. The number of imidazole rings is 1. The van der Waals surface area contributed by atoms with E-state index in [1.165, 1.54) is 12.1 Å². The first-order valence-corrected chi connectivity index (χ1v) is 14.9. The van der Waals surface area contributed by atoms with Crippen molar-refractivity contribution in [2.75, 3.05) is 17.3 Å². The van der Waals surface area contributed by atoms with Gasteiger partial charge < -0.3 is 4.98 Å². The van der Waals surface area contributed by atoms with Gasteiger partial charge in [-0.2, -0.15) is 5.10 Å². The number of nitrogens with one attached hydrogen (secondary N) is 2. The molecule has 10 nitrogen and oxygen atoms in total. The van der Waals surface area contributed by atoms with E-state index >= 15 is 0 Å². The number of pyridine rings is 1. The van der Waals surface area contributed by atoms with Crippen LogP contribution in [0.4, 0.5) is 4.39 Å². The highest BCUT2D eigenvalue weighted by atomic mass is 32.2. The van der Waals surface area contributed by atoms with E-state index in [1.807, 2.05) is 6.20 Å². The van der Waals surface area contributed by atoms with E-state index < -0.39 is 31.6 Å². The zero-order valence-electron chi connectivity index (χ0n) is 19.5. The molecule has 36 heavy (non-hydrogen) atoms. The molecule has 1 aromatic carbocycles. The quantitative estimate of drug-likeness (QED) is 0.373. The second kappa shape index (κ2) is 9.37. The maximum absolute atomic E-state index is 15.0. The van der Waals surface area contributed by atoms with Crippen molar-refractivity contribution in [1.82, 2.24) is 29.5 Å². The van der Waals surface area contributed by atoms with E-state index in [4.69, 9.17) is 0 Å². The minimum atomic E-state index is -3.77. The topological polar surface area (TPSA) is 140 Å². The molecule has 0 saturated carbocycles. The molecular formula is C23H25FN6O4S2. The van der Waals surface area contributed by atoms with Crippen LogP contribution >= 0.6 is 0 Å². The van der Waals surface area contributed by atoms with Crippen LogP contribution < -0.4 is 4.72 Å². The predicted molar refractivity (Wildman–Crippen MR) is 133 cm³/mol. The molecule has 1 fully saturated rings. The third kappa shape index (κ3) is 5.32. The van der Waals surface area contributed by atoms with Crippen LogP contribution in [0.2, 0.25) is 0 Å². The lowest BCUT2D eigenvalue weighted by molar-refractivity contribution is 0.504. The Morgan fingerprint density at radius 1 is 1.25 bits per heavy atom. The number of hydrogen-bond acceptors (Lipinski definition) is 7. The number of benzene rings is 1. The Labute approximate surface area is 207 Å². The van der Waals surface area contributed by atoms with Crippen LogP contribution in [0.25, 0.3) is 33.7 Å². The molecule has 1 aliphatic heterocycles. The first kappa shape index (κ1) is 24.5. The summed E-state index contributed by atoms with van der Waals surface area (Å²) in [6, 6.07) is 6.34. The standard InChI is InChI=1S/C23H25FN6O4S2/c1-30-12-18(10-26-30)22-28-21-19(6-7-25-23(21)29-22)16-4-5-17(20(24)9-16)11-27-36(33,34)14-15-3-2-8-35(31,32)13-15/h4-7,9-10,12,15,27H,2-3,8,11,13-14H2,1H3,(H,25,28,29). The Kier molecular flexibility index (Phi) is 6.39. The van der Waals surface area contributed by atoms with Gasteiger partial charge in [0.25, 0.3) is 0 Å². The number of H-pyrrole nitrogens is 1. The van der Waals surface area contributed by atoms with Crippen molar-refractivity contribution in [2.24, 2.45) is 13.0 Å². The second-order valence-corrected chi connectivity index (χ2v) is 13.2. The Hall–Kier alpha value is -3.16. The molecule has 0 spiro atoms. The van der Waals surface area contributed by atoms with E-state index in [-0.39, 0.29) is 29.4 Å².